The molecule has 0 amide bonds. The van der Waals surface area contributed by atoms with Gasteiger partial charge < -0.3 is 34.2 Å². The highest BCUT2D eigenvalue weighted by atomic mass is 16.5. The fourth-order valence-corrected chi connectivity index (χ4v) is 10.8. The SMILES string of the molecule is C[N+](C)(C)c1ccc(Oc2cccc3c2C2=N/C3=N\c3[nH]c(c4cccc(Oc5ccc([N+](C)(C)C)cc5)c34)NC3N=C(N=c4[nH]c(c5cccc(Oc6ccc([N+](C)(C)C)cc6)c45)=N2)c2cccc(Oc4ccc([N+](C)(C)C)cc4)c23)cc1. The van der Waals surface area contributed by atoms with E-state index in [1.54, 1.807) is 0 Å². The Hall–Kier alpha value is -9.71. The summed E-state index contributed by atoms with van der Waals surface area (Å²) in [6.45, 7) is 0. The van der Waals surface area contributed by atoms with E-state index in [1.807, 2.05) is 121 Å². The number of hydrogen-bond donors (Lipinski definition) is 3. The Morgan fingerprint density at radius 3 is 1.31 bits per heavy atom. The first-order valence-electron chi connectivity index (χ1n) is 28.0. The number of amidine groups is 3. The van der Waals surface area contributed by atoms with Crippen LogP contribution in [0.15, 0.2) is 195 Å². The Bertz CT molecular complexity index is 4470. The number of H-pyrrole nitrogens is 2. The molecule has 3 N–H and O–H groups in total. The van der Waals surface area contributed by atoms with E-state index in [2.05, 4.69) is 148 Å². The Labute approximate surface area is 488 Å². The van der Waals surface area contributed by atoms with Gasteiger partial charge in [-0.25, -0.2) is 25.0 Å². The van der Waals surface area contributed by atoms with Gasteiger partial charge in [0, 0.05) is 70.4 Å². The first-order valence-corrected chi connectivity index (χ1v) is 28.0. The summed E-state index contributed by atoms with van der Waals surface area (Å²) in [7, 11) is 25.7. The molecule has 0 radical (unpaired) electrons. The average Bonchev–Trinajstić information content (AvgIpc) is 2.99. The zero-order chi connectivity index (χ0) is 58.5. The minimum atomic E-state index is -0.711. The number of ether oxygens (including phenoxy) is 4. The van der Waals surface area contributed by atoms with Crippen molar-refractivity contribution in [2.45, 2.75) is 6.17 Å². The molecule has 0 saturated heterocycles. The normalized spacial score (nSPS) is 15.4. The maximum absolute atomic E-state index is 6.86. The van der Waals surface area contributed by atoms with E-state index in [1.165, 1.54) is 0 Å². The third kappa shape index (κ3) is 10.1. The molecule has 13 rings (SSSR count). The minimum absolute atomic E-state index is 0.384. The zero-order valence-electron chi connectivity index (χ0n) is 49.4. The number of aromatic amines is 2. The van der Waals surface area contributed by atoms with Crippen molar-refractivity contribution >= 4 is 73.4 Å². The van der Waals surface area contributed by atoms with E-state index in [0.717, 1.165) is 55.6 Å². The molecule has 8 bridgehead atoms. The van der Waals surface area contributed by atoms with Crippen LogP contribution in [-0.4, -0.2) is 112 Å². The second kappa shape index (κ2) is 20.0. The van der Waals surface area contributed by atoms with E-state index in [0.29, 0.717) is 115 Å². The number of quaternary nitrogens is 4. The van der Waals surface area contributed by atoms with Gasteiger partial charge in [-0.05, 0) is 72.8 Å². The number of aliphatic imine (C=N–C) groups is 3. The van der Waals surface area contributed by atoms with Gasteiger partial charge in [-0.3, -0.25) is 17.9 Å². The molecule has 0 aliphatic carbocycles. The molecule has 0 fully saturated rings. The third-order valence-corrected chi connectivity index (χ3v) is 15.4. The van der Waals surface area contributed by atoms with Crippen LogP contribution in [0.25, 0.3) is 21.5 Å². The molecule has 5 heterocycles. The number of nitrogens with one attached hydrogen (secondary N) is 3. The molecule has 0 spiro atoms. The third-order valence-electron chi connectivity index (χ3n) is 15.4. The summed E-state index contributed by atoms with van der Waals surface area (Å²) in [6.07, 6.45) is -0.711. The van der Waals surface area contributed by atoms with Crippen molar-refractivity contribution in [3.63, 3.8) is 0 Å². The lowest BCUT2D eigenvalue weighted by atomic mass is 10.1. The van der Waals surface area contributed by atoms with Crippen molar-refractivity contribution in [3.8, 4) is 46.0 Å². The number of anilines is 1. The smallest absolute Gasteiger partial charge is 0.168 e. The highest BCUT2D eigenvalue weighted by Crippen LogP contribution is 2.46. The standard InChI is InChI=1S/C68H68N12O4/c1-77(2,3)41-25-33-45(34-26-41)81-53-21-13-17-49-57(53)65-69-61(49)74-66-59-51(19-15-23-55(59)83-47-37-29-43(30-38-47)79(7,8)9)63(71-66)76-68-60-52(20-16-24-56(60)84-48-39-31-44(32-40-48)80(10,11)12)64(72-68)75-67-58-50(62(70-67)73-65)18-14-22-54(58)82-46-35-27-42(28-36-46)78(4,5)6/h13-40,65,70,73H,1-12H3,(H,69,71,72,74,75,76)/q+4. The molecule has 2 aromatic heterocycles. The largest absolute Gasteiger partial charge is 0.457 e. The van der Waals surface area contributed by atoms with Crippen LogP contribution in [0.1, 0.15) is 28.4 Å². The molecule has 16 heteroatoms. The molecular formula is C68H68N12O4+4. The highest BCUT2D eigenvalue weighted by molar-refractivity contribution is 6.25. The molecule has 420 valence electrons. The summed E-state index contributed by atoms with van der Waals surface area (Å²) in [5, 5.41) is 6.82. The van der Waals surface area contributed by atoms with Gasteiger partial charge in [-0.1, -0.05) is 48.5 Å². The van der Waals surface area contributed by atoms with E-state index < -0.39 is 6.17 Å². The fraction of sp³-hybridized carbons (Fsp3) is 0.191. The van der Waals surface area contributed by atoms with Gasteiger partial charge in [0.05, 0.1) is 106 Å². The van der Waals surface area contributed by atoms with Gasteiger partial charge >= 0.3 is 0 Å². The topological polar surface area (TPSA) is 142 Å². The van der Waals surface area contributed by atoms with Crippen LogP contribution in [0.3, 0.4) is 0 Å². The molecular weight excluding hydrogens is 1050 g/mol. The van der Waals surface area contributed by atoms with Crippen molar-refractivity contribution < 1.29 is 18.9 Å². The van der Waals surface area contributed by atoms with E-state index in [-0.39, 0.29) is 0 Å². The van der Waals surface area contributed by atoms with E-state index in [9.17, 15) is 0 Å². The monoisotopic (exact) mass is 1120 g/mol. The fourth-order valence-electron chi connectivity index (χ4n) is 10.8. The van der Waals surface area contributed by atoms with Crippen molar-refractivity contribution in [2.75, 3.05) is 89.9 Å². The summed E-state index contributed by atoms with van der Waals surface area (Å²) in [6, 6.07) is 56.5. The Morgan fingerprint density at radius 1 is 0.357 bits per heavy atom. The first-order chi connectivity index (χ1) is 40.1. The van der Waals surface area contributed by atoms with Gasteiger partial charge in [-0.2, -0.15) is 0 Å². The Kier molecular flexibility index (Phi) is 12.8. The van der Waals surface area contributed by atoms with Gasteiger partial charge in [0.25, 0.3) is 0 Å². The van der Waals surface area contributed by atoms with Gasteiger partial charge in [-0.15, -0.1) is 0 Å². The molecule has 1 atom stereocenters. The van der Waals surface area contributed by atoms with Crippen molar-refractivity contribution in [1.29, 1.82) is 0 Å². The Morgan fingerprint density at radius 2 is 0.786 bits per heavy atom. The lowest BCUT2D eigenvalue weighted by Gasteiger charge is -2.23. The quantitative estimate of drug-likeness (QED) is 0.104. The number of nitrogens with zero attached hydrogens (tertiary/aromatic N) is 9. The van der Waals surface area contributed by atoms with Crippen molar-refractivity contribution in [1.82, 2.24) is 27.9 Å². The summed E-state index contributed by atoms with van der Waals surface area (Å²) in [5.74, 6) is 7.45. The van der Waals surface area contributed by atoms with Crippen molar-refractivity contribution in [2.24, 2.45) is 25.0 Å². The van der Waals surface area contributed by atoms with Crippen LogP contribution < -0.4 is 53.2 Å². The summed E-state index contributed by atoms with van der Waals surface area (Å²) in [5.41, 5.74) is 8.50. The maximum atomic E-state index is 6.86. The maximum Gasteiger partial charge on any atom is 0.168 e. The molecule has 3 aliphatic rings. The number of rotatable bonds is 12. The van der Waals surface area contributed by atoms with Crippen LogP contribution in [0.5, 0.6) is 46.0 Å². The predicted octanol–water partition coefficient (Wildman–Crippen LogP) is 13.3. The molecule has 0 saturated carbocycles. The van der Waals surface area contributed by atoms with Crippen LogP contribution in [0, 0.1) is 0 Å². The number of hydrogen-bond acceptors (Lipinski definition) is 10. The molecule has 16 nitrogen and oxygen atoms in total. The first kappa shape index (κ1) is 53.6. The second-order valence-electron chi connectivity index (χ2n) is 25.0. The van der Waals surface area contributed by atoms with Gasteiger partial charge in [0.1, 0.15) is 91.4 Å². The van der Waals surface area contributed by atoms with Crippen LogP contribution in [0.4, 0.5) is 34.4 Å². The van der Waals surface area contributed by atoms with Gasteiger partial charge in [0.15, 0.2) is 23.7 Å². The van der Waals surface area contributed by atoms with Gasteiger partial charge in [0.2, 0.25) is 0 Å². The molecule has 8 aromatic carbocycles. The predicted molar refractivity (Wildman–Crippen MR) is 342 cm³/mol. The summed E-state index contributed by atoms with van der Waals surface area (Å²) >= 11 is 0. The summed E-state index contributed by atoms with van der Waals surface area (Å²) in [4.78, 5) is 34.6. The number of fused-ring (bicyclic) bond motifs is 18. The zero-order valence-corrected chi connectivity index (χ0v) is 49.4. The molecule has 1 unspecified atom stereocenters. The van der Waals surface area contributed by atoms with E-state index >= 15 is 0 Å². The minimum Gasteiger partial charge on any atom is -0.457 e. The van der Waals surface area contributed by atoms with Crippen molar-refractivity contribution in [3.05, 3.63) is 203 Å². The number of benzene rings is 8. The lowest BCUT2D eigenvalue weighted by Crippen LogP contribution is -2.34. The lowest BCUT2D eigenvalue weighted by molar-refractivity contribution is 0.468. The average molecular weight is 1120 g/mol. The van der Waals surface area contributed by atoms with Crippen LogP contribution in [0.2, 0.25) is 0 Å². The molecule has 10 aromatic rings. The molecule has 84 heavy (non-hydrogen) atoms. The summed E-state index contributed by atoms with van der Waals surface area (Å²) < 4.78 is 30.0. The number of aromatic nitrogens is 2. The molecule has 3 aliphatic heterocycles. The Balaban J connectivity index is 1.05. The second-order valence-corrected chi connectivity index (χ2v) is 25.0. The van der Waals surface area contributed by atoms with E-state index in [4.69, 9.17) is 43.9 Å². The van der Waals surface area contributed by atoms with Crippen LogP contribution in [-0.2, 0) is 0 Å². The highest BCUT2D eigenvalue weighted by Gasteiger charge is 2.33. The van der Waals surface area contributed by atoms with Crippen LogP contribution >= 0.6 is 0 Å².